The van der Waals surface area contributed by atoms with Crippen molar-refractivity contribution in [1.82, 2.24) is 10.3 Å². The van der Waals surface area contributed by atoms with Crippen LogP contribution in [0.5, 0.6) is 5.75 Å². The van der Waals surface area contributed by atoms with Crippen molar-refractivity contribution in [3.8, 4) is 5.75 Å². The molecule has 4 N–H and O–H groups in total. The topological polar surface area (TPSA) is 101 Å². The number of benzene rings is 1. The van der Waals surface area contributed by atoms with E-state index < -0.39 is 12.8 Å². The van der Waals surface area contributed by atoms with Crippen LogP contribution in [0, 0.1) is 5.41 Å². The molecule has 1 aromatic heterocycles. The number of rotatable bonds is 7. The quantitative estimate of drug-likeness (QED) is 0.378. The average Bonchev–Trinajstić information content (AvgIpc) is 2.67. The summed E-state index contributed by atoms with van der Waals surface area (Å²) in [5.74, 6) is 0.0318. The highest BCUT2D eigenvalue weighted by molar-refractivity contribution is 5.84. The Morgan fingerprint density at radius 1 is 1.32 bits per heavy atom. The van der Waals surface area contributed by atoms with Crippen LogP contribution < -0.4 is 15.8 Å². The summed E-state index contributed by atoms with van der Waals surface area (Å²) in [6.45, 7) is 2.43. The van der Waals surface area contributed by atoms with Crippen LogP contribution in [0.25, 0.3) is 0 Å². The minimum Gasteiger partial charge on any atom is -0.483 e. The smallest absolute Gasteiger partial charge is 0.422 e. The first kappa shape index (κ1) is 22.9. The highest BCUT2D eigenvalue weighted by Crippen LogP contribution is 2.19. The Labute approximate surface area is 161 Å². The van der Waals surface area contributed by atoms with Crippen molar-refractivity contribution in [3.05, 3.63) is 53.3 Å². The third-order valence-electron chi connectivity index (χ3n) is 3.64. The number of aromatic nitrogens is 1. The van der Waals surface area contributed by atoms with Crippen LogP contribution in [0.3, 0.4) is 0 Å². The van der Waals surface area contributed by atoms with Gasteiger partial charge in [-0.15, -0.1) is 0 Å². The van der Waals surface area contributed by atoms with Crippen LogP contribution in [0.1, 0.15) is 36.7 Å². The molecule has 1 amide bonds. The van der Waals surface area contributed by atoms with Crippen molar-refractivity contribution in [1.29, 1.82) is 5.41 Å². The molecule has 2 rings (SSSR count). The molecule has 0 bridgehead atoms. The average molecular weight is 396 g/mol. The Bertz CT molecular complexity index is 765. The number of pyridine rings is 1. The van der Waals surface area contributed by atoms with Crippen LogP contribution >= 0.6 is 0 Å². The number of halogens is 3. The van der Waals surface area contributed by atoms with E-state index in [4.69, 9.17) is 11.1 Å². The first-order valence-electron chi connectivity index (χ1n) is 8.44. The van der Waals surface area contributed by atoms with Gasteiger partial charge in [-0.1, -0.05) is 19.1 Å². The Hall–Kier alpha value is -3.10. The minimum absolute atomic E-state index is 0.0318. The second-order valence-electron chi connectivity index (χ2n) is 5.79. The molecule has 6 nitrogen and oxygen atoms in total. The first-order valence-corrected chi connectivity index (χ1v) is 8.44. The SMILES string of the molecule is CC(NC=O)c1ccc(OCC(F)(F)F)cn1.CCc1ccc(C=N)c(N)c1. The molecule has 0 saturated heterocycles. The molecule has 0 aliphatic rings. The molecule has 2 aromatic rings. The van der Waals surface area contributed by atoms with Gasteiger partial charge in [0, 0.05) is 17.5 Å². The summed E-state index contributed by atoms with van der Waals surface area (Å²) in [5, 5.41) is 9.48. The predicted octanol–water partition coefficient (Wildman–Crippen LogP) is 3.66. The maximum atomic E-state index is 11.9. The molecule has 1 unspecified atom stereocenters. The number of carbonyl (C=O) groups is 1. The van der Waals surface area contributed by atoms with E-state index in [1.807, 2.05) is 18.2 Å². The number of carbonyl (C=O) groups excluding carboxylic acids is 1. The van der Waals surface area contributed by atoms with Crippen molar-refractivity contribution in [2.24, 2.45) is 0 Å². The van der Waals surface area contributed by atoms with Crippen molar-refractivity contribution >= 4 is 18.3 Å². The number of nitrogen functional groups attached to an aromatic ring is 1. The molecule has 0 spiro atoms. The molecular formula is C19H23F3N4O2. The number of amides is 1. The molecular weight excluding hydrogens is 373 g/mol. The zero-order valence-electron chi connectivity index (χ0n) is 15.6. The molecule has 9 heteroatoms. The maximum Gasteiger partial charge on any atom is 0.422 e. The second-order valence-corrected chi connectivity index (χ2v) is 5.79. The van der Waals surface area contributed by atoms with Gasteiger partial charge in [0.05, 0.1) is 17.9 Å². The lowest BCUT2D eigenvalue weighted by Crippen LogP contribution is -2.20. The van der Waals surface area contributed by atoms with Crippen molar-refractivity contribution in [3.63, 3.8) is 0 Å². The lowest BCUT2D eigenvalue weighted by atomic mass is 10.1. The minimum atomic E-state index is -4.37. The van der Waals surface area contributed by atoms with Crippen molar-refractivity contribution in [2.75, 3.05) is 12.3 Å². The molecule has 0 saturated carbocycles. The van der Waals surface area contributed by atoms with E-state index in [9.17, 15) is 18.0 Å². The van der Waals surface area contributed by atoms with Crippen molar-refractivity contribution < 1.29 is 22.7 Å². The summed E-state index contributed by atoms with van der Waals surface area (Å²) >= 11 is 0. The number of anilines is 1. The largest absolute Gasteiger partial charge is 0.483 e. The van der Waals surface area contributed by atoms with Crippen LogP contribution in [-0.4, -0.2) is 30.4 Å². The highest BCUT2D eigenvalue weighted by Gasteiger charge is 2.28. The normalized spacial score (nSPS) is 11.6. The van der Waals surface area contributed by atoms with Gasteiger partial charge in [0.15, 0.2) is 6.61 Å². The number of aryl methyl sites for hydroxylation is 1. The number of hydrogen-bond donors (Lipinski definition) is 3. The highest BCUT2D eigenvalue weighted by atomic mass is 19.4. The van der Waals surface area contributed by atoms with Crippen LogP contribution in [0.15, 0.2) is 36.5 Å². The Balaban J connectivity index is 0.000000307. The molecule has 1 atom stereocenters. The zero-order chi connectivity index (χ0) is 21.2. The summed E-state index contributed by atoms with van der Waals surface area (Å²) in [6.07, 6.45) is -0.396. The van der Waals surface area contributed by atoms with E-state index in [0.717, 1.165) is 12.0 Å². The number of alkyl halides is 3. The summed E-state index contributed by atoms with van der Waals surface area (Å²) in [5.41, 5.74) is 8.90. The van der Waals surface area contributed by atoms with Gasteiger partial charge < -0.3 is 21.2 Å². The molecule has 1 aromatic carbocycles. The molecule has 152 valence electrons. The number of hydrogen-bond acceptors (Lipinski definition) is 5. The number of nitrogens with zero attached hydrogens (tertiary/aromatic N) is 1. The van der Waals surface area contributed by atoms with Gasteiger partial charge >= 0.3 is 6.18 Å². The lowest BCUT2D eigenvalue weighted by Gasteiger charge is -2.11. The standard InChI is InChI=1S/C10H11F3N2O2.C9H12N2/c1-7(15-6-16)9-3-2-8(4-14-9)17-5-10(11,12)13;1-2-7-3-4-8(6-10)9(11)5-7/h2-4,6-7H,5H2,1H3,(H,15,16);3-6,10H,2,11H2,1H3. The van der Waals surface area contributed by atoms with Gasteiger partial charge in [0.1, 0.15) is 5.75 Å². The summed E-state index contributed by atoms with van der Waals surface area (Å²) < 4.78 is 40.1. The van der Waals surface area contributed by atoms with Crippen LogP contribution in [-0.2, 0) is 11.2 Å². The number of nitrogens with one attached hydrogen (secondary N) is 2. The van der Waals surface area contributed by atoms with Gasteiger partial charge in [-0.3, -0.25) is 9.78 Å². The fourth-order valence-electron chi connectivity index (χ4n) is 2.06. The molecule has 0 aliphatic carbocycles. The van der Waals surface area contributed by atoms with Gasteiger partial charge in [-0.25, -0.2) is 0 Å². The molecule has 0 aliphatic heterocycles. The summed E-state index contributed by atoms with van der Waals surface area (Å²) in [4.78, 5) is 14.1. The third-order valence-corrected chi connectivity index (χ3v) is 3.64. The molecule has 0 fully saturated rings. The fourth-order valence-corrected chi connectivity index (χ4v) is 2.06. The van der Waals surface area contributed by atoms with Crippen LogP contribution in [0.4, 0.5) is 18.9 Å². The van der Waals surface area contributed by atoms with E-state index in [2.05, 4.69) is 22.0 Å². The third kappa shape index (κ3) is 8.07. The molecule has 1 heterocycles. The van der Waals surface area contributed by atoms with E-state index in [0.29, 0.717) is 17.8 Å². The number of ether oxygens (including phenoxy) is 1. The van der Waals surface area contributed by atoms with E-state index in [1.165, 1.54) is 30.1 Å². The van der Waals surface area contributed by atoms with E-state index in [-0.39, 0.29) is 11.8 Å². The van der Waals surface area contributed by atoms with Gasteiger partial charge in [-0.2, -0.15) is 13.2 Å². The zero-order valence-corrected chi connectivity index (χ0v) is 15.6. The Morgan fingerprint density at radius 3 is 2.50 bits per heavy atom. The van der Waals surface area contributed by atoms with Gasteiger partial charge in [-0.05, 0) is 37.1 Å². The second kappa shape index (κ2) is 10.9. The maximum absolute atomic E-state index is 11.9. The summed E-state index contributed by atoms with van der Waals surface area (Å²) in [7, 11) is 0. The summed E-state index contributed by atoms with van der Waals surface area (Å²) in [6, 6.07) is 8.35. The lowest BCUT2D eigenvalue weighted by molar-refractivity contribution is -0.153. The number of nitrogens with two attached hydrogens (primary N) is 1. The van der Waals surface area contributed by atoms with Crippen molar-refractivity contribution in [2.45, 2.75) is 32.5 Å². The van der Waals surface area contributed by atoms with Gasteiger partial charge in [0.2, 0.25) is 6.41 Å². The van der Waals surface area contributed by atoms with Crippen LogP contribution in [0.2, 0.25) is 0 Å². The first-order chi connectivity index (χ1) is 13.2. The Morgan fingerprint density at radius 2 is 2.04 bits per heavy atom. The van der Waals surface area contributed by atoms with E-state index in [1.54, 1.807) is 6.92 Å². The Kier molecular flexibility index (Phi) is 8.94. The van der Waals surface area contributed by atoms with E-state index >= 15 is 0 Å². The molecule has 0 radical (unpaired) electrons. The fraction of sp³-hybridized carbons (Fsp3) is 0.316. The predicted molar refractivity (Wildman–Crippen MR) is 102 cm³/mol. The van der Waals surface area contributed by atoms with Gasteiger partial charge in [0.25, 0.3) is 0 Å². The monoisotopic (exact) mass is 396 g/mol. The molecule has 28 heavy (non-hydrogen) atoms.